The normalized spacial score (nSPS) is 12.4. The third-order valence-corrected chi connectivity index (χ3v) is 2.57. The lowest BCUT2D eigenvalue weighted by atomic mass is 10.1. The van der Waals surface area contributed by atoms with Crippen LogP contribution in [0.3, 0.4) is 0 Å². The van der Waals surface area contributed by atoms with E-state index in [1.807, 2.05) is 24.3 Å². The Labute approximate surface area is 97.2 Å². The molecule has 1 aromatic rings. The van der Waals surface area contributed by atoms with Crippen molar-refractivity contribution in [3.8, 4) is 5.75 Å². The van der Waals surface area contributed by atoms with Crippen LogP contribution in [0.25, 0.3) is 0 Å². The topological polar surface area (TPSA) is 55.5 Å². The largest absolute Gasteiger partial charge is 0.494 e. The molecular formula is C13H21NO2. The number of aliphatic hydroxyl groups is 1. The molecule has 0 aromatic heterocycles. The Bertz CT molecular complexity index is 284. The van der Waals surface area contributed by atoms with Gasteiger partial charge in [0.25, 0.3) is 0 Å². The number of hydrogen-bond acceptors (Lipinski definition) is 3. The maximum atomic E-state index is 8.62. The molecule has 90 valence electrons. The molecule has 0 aliphatic carbocycles. The highest BCUT2D eigenvalue weighted by atomic mass is 16.5. The van der Waals surface area contributed by atoms with Gasteiger partial charge in [-0.1, -0.05) is 19.1 Å². The zero-order valence-corrected chi connectivity index (χ0v) is 9.86. The van der Waals surface area contributed by atoms with Crippen LogP contribution in [0.2, 0.25) is 0 Å². The van der Waals surface area contributed by atoms with Gasteiger partial charge in [-0.3, -0.25) is 0 Å². The average molecular weight is 223 g/mol. The molecule has 1 aromatic carbocycles. The Balaban J connectivity index is 2.39. The summed E-state index contributed by atoms with van der Waals surface area (Å²) in [6.07, 6.45) is 2.61. The number of hydrogen-bond donors (Lipinski definition) is 2. The van der Waals surface area contributed by atoms with Crippen LogP contribution >= 0.6 is 0 Å². The Hall–Kier alpha value is -1.06. The number of nitrogens with two attached hydrogens (primary N) is 1. The molecule has 1 rings (SSSR count). The summed E-state index contributed by atoms with van der Waals surface area (Å²) in [4.78, 5) is 0. The van der Waals surface area contributed by atoms with E-state index >= 15 is 0 Å². The molecule has 0 saturated heterocycles. The van der Waals surface area contributed by atoms with Gasteiger partial charge in [0, 0.05) is 12.6 Å². The third-order valence-electron chi connectivity index (χ3n) is 2.57. The van der Waals surface area contributed by atoms with E-state index in [4.69, 9.17) is 15.6 Å². The van der Waals surface area contributed by atoms with Gasteiger partial charge in [0.15, 0.2) is 0 Å². The van der Waals surface area contributed by atoms with Gasteiger partial charge in [-0.05, 0) is 37.0 Å². The quantitative estimate of drug-likeness (QED) is 0.697. The maximum Gasteiger partial charge on any atom is 0.119 e. The van der Waals surface area contributed by atoms with Crippen molar-refractivity contribution in [2.75, 3.05) is 13.2 Å². The highest BCUT2D eigenvalue weighted by Gasteiger charge is 2.02. The summed E-state index contributed by atoms with van der Waals surface area (Å²) >= 11 is 0. The van der Waals surface area contributed by atoms with Crippen molar-refractivity contribution >= 4 is 0 Å². The molecule has 0 bridgehead atoms. The Morgan fingerprint density at radius 3 is 2.50 bits per heavy atom. The van der Waals surface area contributed by atoms with Gasteiger partial charge in [-0.15, -0.1) is 0 Å². The van der Waals surface area contributed by atoms with Crippen molar-refractivity contribution in [1.29, 1.82) is 0 Å². The van der Waals surface area contributed by atoms with E-state index in [-0.39, 0.29) is 12.6 Å². The fraction of sp³-hybridized carbons (Fsp3) is 0.538. The van der Waals surface area contributed by atoms with Crippen LogP contribution in [-0.2, 0) is 0 Å². The predicted molar refractivity (Wildman–Crippen MR) is 65.5 cm³/mol. The Morgan fingerprint density at radius 2 is 1.94 bits per heavy atom. The molecule has 0 aliphatic rings. The summed E-state index contributed by atoms with van der Waals surface area (Å²) in [7, 11) is 0. The standard InChI is InChI=1S/C13H21NO2/c1-2-13(14)11-5-7-12(8-6-11)16-10-4-3-9-15/h5-8,13,15H,2-4,9-10,14H2,1H3/t13-/m0/s1. The van der Waals surface area contributed by atoms with Crippen LogP contribution in [-0.4, -0.2) is 18.3 Å². The van der Waals surface area contributed by atoms with Gasteiger partial charge in [-0.25, -0.2) is 0 Å². The van der Waals surface area contributed by atoms with Crippen molar-refractivity contribution in [2.45, 2.75) is 32.2 Å². The van der Waals surface area contributed by atoms with E-state index in [9.17, 15) is 0 Å². The molecule has 1 atom stereocenters. The molecule has 0 unspecified atom stereocenters. The number of aliphatic hydroxyl groups excluding tert-OH is 1. The lowest BCUT2D eigenvalue weighted by molar-refractivity contribution is 0.253. The van der Waals surface area contributed by atoms with Crippen LogP contribution in [0.4, 0.5) is 0 Å². The lowest BCUT2D eigenvalue weighted by Gasteiger charge is -2.10. The van der Waals surface area contributed by atoms with E-state index < -0.39 is 0 Å². The number of unbranched alkanes of at least 4 members (excludes halogenated alkanes) is 1. The molecule has 0 heterocycles. The molecule has 0 spiro atoms. The van der Waals surface area contributed by atoms with Gasteiger partial charge in [0.1, 0.15) is 5.75 Å². The summed E-state index contributed by atoms with van der Waals surface area (Å²) in [5.41, 5.74) is 7.06. The summed E-state index contributed by atoms with van der Waals surface area (Å²) < 4.78 is 5.52. The summed E-state index contributed by atoms with van der Waals surface area (Å²) in [6.45, 7) is 2.96. The number of benzene rings is 1. The summed E-state index contributed by atoms with van der Waals surface area (Å²) in [5.74, 6) is 0.866. The number of ether oxygens (including phenoxy) is 1. The molecule has 16 heavy (non-hydrogen) atoms. The summed E-state index contributed by atoms with van der Waals surface area (Å²) in [5, 5.41) is 8.62. The molecule has 3 N–H and O–H groups in total. The van der Waals surface area contributed by atoms with Gasteiger partial charge >= 0.3 is 0 Å². The second-order valence-electron chi connectivity index (χ2n) is 3.86. The molecule has 0 amide bonds. The van der Waals surface area contributed by atoms with E-state index in [0.717, 1.165) is 30.6 Å². The first-order valence-electron chi connectivity index (χ1n) is 5.87. The molecule has 0 saturated carbocycles. The van der Waals surface area contributed by atoms with Crippen molar-refractivity contribution in [3.63, 3.8) is 0 Å². The SMILES string of the molecule is CC[C@H](N)c1ccc(OCCCCO)cc1. The zero-order chi connectivity index (χ0) is 11.8. The van der Waals surface area contributed by atoms with Crippen LogP contribution in [0, 0.1) is 0 Å². The van der Waals surface area contributed by atoms with Crippen molar-refractivity contribution in [3.05, 3.63) is 29.8 Å². The summed E-state index contributed by atoms with van der Waals surface area (Å²) in [6, 6.07) is 8.03. The van der Waals surface area contributed by atoms with E-state index in [0.29, 0.717) is 6.61 Å². The molecule has 0 radical (unpaired) electrons. The lowest BCUT2D eigenvalue weighted by Crippen LogP contribution is -2.08. The second-order valence-corrected chi connectivity index (χ2v) is 3.86. The predicted octanol–water partition coefficient (Wildman–Crippen LogP) is 2.25. The minimum atomic E-state index is 0.114. The highest BCUT2D eigenvalue weighted by Crippen LogP contribution is 2.18. The molecular weight excluding hydrogens is 202 g/mol. The smallest absolute Gasteiger partial charge is 0.119 e. The Kier molecular flexibility index (Phi) is 5.90. The van der Waals surface area contributed by atoms with Gasteiger partial charge in [0.05, 0.1) is 6.61 Å². The molecule has 3 nitrogen and oxygen atoms in total. The first-order valence-corrected chi connectivity index (χ1v) is 5.87. The van der Waals surface area contributed by atoms with E-state index in [1.165, 1.54) is 0 Å². The van der Waals surface area contributed by atoms with E-state index in [2.05, 4.69) is 6.92 Å². The molecule has 0 aliphatic heterocycles. The number of rotatable bonds is 7. The Morgan fingerprint density at radius 1 is 1.25 bits per heavy atom. The fourth-order valence-electron chi connectivity index (χ4n) is 1.45. The van der Waals surface area contributed by atoms with Crippen molar-refractivity contribution in [2.24, 2.45) is 5.73 Å². The third kappa shape index (κ3) is 4.21. The van der Waals surface area contributed by atoms with Crippen LogP contribution < -0.4 is 10.5 Å². The van der Waals surface area contributed by atoms with Crippen LogP contribution in [0.15, 0.2) is 24.3 Å². The van der Waals surface area contributed by atoms with Gasteiger partial charge in [0.2, 0.25) is 0 Å². The highest BCUT2D eigenvalue weighted by molar-refractivity contribution is 5.28. The second kappa shape index (κ2) is 7.25. The molecule has 0 fully saturated rings. The minimum absolute atomic E-state index is 0.114. The van der Waals surface area contributed by atoms with Gasteiger partial charge in [-0.2, -0.15) is 0 Å². The first kappa shape index (κ1) is 13.0. The fourth-order valence-corrected chi connectivity index (χ4v) is 1.45. The monoisotopic (exact) mass is 223 g/mol. The van der Waals surface area contributed by atoms with Gasteiger partial charge < -0.3 is 15.6 Å². The first-order chi connectivity index (χ1) is 7.77. The van der Waals surface area contributed by atoms with Crippen LogP contribution in [0.1, 0.15) is 37.8 Å². The van der Waals surface area contributed by atoms with Crippen molar-refractivity contribution in [1.82, 2.24) is 0 Å². The zero-order valence-electron chi connectivity index (χ0n) is 9.86. The van der Waals surface area contributed by atoms with E-state index in [1.54, 1.807) is 0 Å². The molecule has 3 heteroatoms. The maximum absolute atomic E-state index is 8.62. The minimum Gasteiger partial charge on any atom is -0.494 e. The van der Waals surface area contributed by atoms with Crippen molar-refractivity contribution < 1.29 is 9.84 Å². The van der Waals surface area contributed by atoms with Crippen LogP contribution in [0.5, 0.6) is 5.75 Å². The average Bonchev–Trinajstić information content (AvgIpc) is 2.34.